The minimum Gasteiger partial charge on any atom is -0.497 e. The largest absolute Gasteiger partial charge is 0.497 e. The minimum atomic E-state index is -1.44. The molecule has 3 aliphatic heterocycles. The molecule has 0 amide bonds. The van der Waals surface area contributed by atoms with Crippen molar-refractivity contribution < 1.29 is 24.2 Å². The number of nitrogens with zero attached hydrogens (tertiary/aromatic N) is 1. The number of aliphatic hydroxyl groups is 1. The molecule has 29 heavy (non-hydrogen) atoms. The fourth-order valence-electron chi connectivity index (χ4n) is 7.27. The molecule has 0 unspecified atom stereocenters. The van der Waals surface area contributed by atoms with Crippen LogP contribution in [-0.2, 0) is 19.1 Å². The van der Waals surface area contributed by atoms with Crippen molar-refractivity contribution in [3.8, 4) is 0 Å². The topological polar surface area (TPSA) is 76.1 Å². The van der Waals surface area contributed by atoms with Crippen LogP contribution in [0.3, 0.4) is 0 Å². The third kappa shape index (κ3) is 1.86. The Morgan fingerprint density at radius 3 is 2.83 bits per heavy atom. The molecule has 0 aromatic carbocycles. The first-order valence-electron chi connectivity index (χ1n) is 10.8. The van der Waals surface area contributed by atoms with Gasteiger partial charge in [-0.3, -0.25) is 9.69 Å². The van der Waals surface area contributed by atoms with Gasteiger partial charge in [0.15, 0.2) is 5.78 Å². The highest BCUT2D eigenvalue weighted by atomic mass is 16.5. The van der Waals surface area contributed by atoms with Crippen molar-refractivity contribution in [2.75, 3.05) is 26.8 Å². The maximum absolute atomic E-state index is 14.0. The van der Waals surface area contributed by atoms with Gasteiger partial charge in [-0.2, -0.15) is 0 Å². The molecule has 2 bridgehead atoms. The van der Waals surface area contributed by atoms with Gasteiger partial charge in [-0.05, 0) is 23.5 Å². The van der Waals surface area contributed by atoms with Crippen molar-refractivity contribution in [1.29, 1.82) is 0 Å². The van der Waals surface area contributed by atoms with Crippen LogP contribution in [0, 0.1) is 17.3 Å². The molecule has 0 saturated carbocycles. The minimum absolute atomic E-state index is 0.0946. The van der Waals surface area contributed by atoms with E-state index in [-0.39, 0.29) is 23.2 Å². The van der Waals surface area contributed by atoms with Crippen LogP contribution in [0.1, 0.15) is 39.5 Å². The molecule has 0 spiro atoms. The molecule has 0 aromatic rings. The number of carbonyl (C=O) groups excluding carboxylic acids is 2. The fraction of sp³-hybridized carbons (Fsp3) is 0.652. The number of esters is 1. The first-order valence-corrected chi connectivity index (χ1v) is 10.8. The van der Waals surface area contributed by atoms with E-state index in [9.17, 15) is 14.7 Å². The van der Waals surface area contributed by atoms with Gasteiger partial charge < -0.3 is 14.6 Å². The Hall–Kier alpha value is -1.92. The summed E-state index contributed by atoms with van der Waals surface area (Å²) in [5.41, 5.74) is 1.93. The summed E-state index contributed by atoms with van der Waals surface area (Å²) in [6.07, 6.45) is 2.85. The van der Waals surface area contributed by atoms with E-state index in [2.05, 4.69) is 11.8 Å². The molecule has 2 saturated heterocycles. The third-order valence-corrected chi connectivity index (χ3v) is 8.79. The molecule has 0 aromatic heterocycles. The van der Waals surface area contributed by atoms with E-state index in [4.69, 9.17) is 9.47 Å². The number of fused-ring (bicyclic) bond motifs is 1. The monoisotopic (exact) mass is 397 g/mol. The maximum atomic E-state index is 14.0. The Kier molecular flexibility index (Phi) is 3.34. The van der Waals surface area contributed by atoms with E-state index < -0.39 is 11.6 Å². The molecule has 3 heterocycles. The fourth-order valence-corrected chi connectivity index (χ4v) is 7.27. The van der Waals surface area contributed by atoms with Gasteiger partial charge in [0.05, 0.1) is 19.3 Å². The maximum Gasteiger partial charge on any atom is 0.338 e. The van der Waals surface area contributed by atoms with Gasteiger partial charge in [-0.25, -0.2) is 4.79 Å². The van der Waals surface area contributed by atoms with Gasteiger partial charge in [0.1, 0.15) is 11.4 Å². The van der Waals surface area contributed by atoms with Crippen LogP contribution in [0.2, 0.25) is 0 Å². The summed E-state index contributed by atoms with van der Waals surface area (Å²) < 4.78 is 11.2. The van der Waals surface area contributed by atoms with Crippen LogP contribution in [0.5, 0.6) is 0 Å². The molecular formula is C23H27NO5. The van der Waals surface area contributed by atoms with Crippen LogP contribution >= 0.6 is 0 Å². The number of methoxy groups -OCH3 is 1. The number of hydrogen-bond acceptors (Lipinski definition) is 6. The summed E-state index contributed by atoms with van der Waals surface area (Å²) >= 11 is 0. The second-order valence-corrected chi connectivity index (χ2v) is 9.84. The summed E-state index contributed by atoms with van der Waals surface area (Å²) in [5.74, 6) is 0.345. The van der Waals surface area contributed by atoms with E-state index in [1.807, 2.05) is 6.92 Å². The molecular weight excluding hydrogens is 370 g/mol. The summed E-state index contributed by atoms with van der Waals surface area (Å²) in [4.78, 5) is 29.4. The Bertz CT molecular complexity index is 974. The Morgan fingerprint density at radius 2 is 2.07 bits per heavy atom. The lowest BCUT2D eigenvalue weighted by molar-refractivity contribution is -0.148. The lowest BCUT2D eigenvalue weighted by atomic mass is 9.65. The zero-order valence-corrected chi connectivity index (χ0v) is 17.2. The highest BCUT2D eigenvalue weighted by Gasteiger charge is 2.66. The zero-order valence-electron chi connectivity index (χ0n) is 17.2. The summed E-state index contributed by atoms with van der Waals surface area (Å²) in [7, 11) is 1.36. The van der Waals surface area contributed by atoms with E-state index in [0.717, 1.165) is 41.9 Å². The van der Waals surface area contributed by atoms with Crippen LogP contribution in [0.15, 0.2) is 33.6 Å². The Morgan fingerprint density at radius 1 is 1.28 bits per heavy atom. The quantitative estimate of drug-likeness (QED) is 0.681. The molecule has 5 atom stereocenters. The molecule has 2 fully saturated rings. The average Bonchev–Trinajstić information content (AvgIpc) is 3.13. The predicted octanol–water partition coefficient (Wildman–Crippen LogP) is 1.89. The standard InChI is InChI=1S/C23H27NO5/c1-11-9-24-10-12-4-5-14-16-13(6-7-29-14)17(21(26)28-3)18-19(16)22(12,2)15(24)8-23(11,27)20(18)25/h11-12,15,27H,4-10H2,1-3H3/t11-,12-,15-,22-,23+/m0/s1. The smallest absolute Gasteiger partial charge is 0.338 e. The van der Waals surface area contributed by atoms with Crippen molar-refractivity contribution in [2.45, 2.75) is 51.2 Å². The highest BCUT2D eigenvalue weighted by molar-refractivity contribution is 6.17. The van der Waals surface area contributed by atoms with Gasteiger partial charge in [0, 0.05) is 60.9 Å². The van der Waals surface area contributed by atoms with Gasteiger partial charge in [-0.1, -0.05) is 13.8 Å². The third-order valence-electron chi connectivity index (χ3n) is 8.79. The van der Waals surface area contributed by atoms with Crippen molar-refractivity contribution in [3.05, 3.63) is 33.6 Å². The number of hydrogen-bond donors (Lipinski definition) is 1. The Balaban J connectivity index is 1.73. The highest BCUT2D eigenvalue weighted by Crippen LogP contribution is 2.65. The number of rotatable bonds is 1. The van der Waals surface area contributed by atoms with Crippen molar-refractivity contribution in [2.24, 2.45) is 17.3 Å². The molecule has 154 valence electrons. The second-order valence-electron chi connectivity index (χ2n) is 9.84. The van der Waals surface area contributed by atoms with E-state index in [1.54, 1.807) is 0 Å². The van der Waals surface area contributed by atoms with Crippen LogP contribution < -0.4 is 0 Å². The SMILES string of the molecule is COC(=O)C1=C2CCOC3=C2C2=C1C(=O)[C@@]1(O)C[C@@H]4N(C[C@H](CC3)[C@]24C)C[C@@H]1C. The van der Waals surface area contributed by atoms with E-state index in [0.29, 0.717) is 43.1 Å². The molecule has 3 aliphatic carbocycles. The van der Waals surface area contributed by atoms with Crippen LogP contribution in [0.4, 0.5) is 0 Å². The zero-order chi connectivity index (χ0) is 20.3. The molecule has 6 rings (SSSR count). The van der Waals surface area contributed by atoms with Gasteiger partial charge in [0.25, 0.3) is 0 Å². The van der Waals surface area contributed by atoms with Gasteiger partial charge >= 0.3 is 5.97 Å². The number of allylic oxidation sites excluding steroid dienone is 2. The number of Topliss-reactive ketones (excluding diaryl/α,β-unsaturated/α-hetero) is 1. The molecule has 0 radical (unpaired) electrons. The van der Waals surface area contributed by atoms with Crippen molar-refractivity contribution >= 4 is 11.8 Å². The van der Waals surface area contributed by atoms with Gasteiger partial charge in [-0.15, -0.1) is 0 Å². The van der Waals surface area contributed by atoms with Crippen molar-refractivity contribution in [1.82, 2.24) is 4.90 Å². The summed E-state index contributed by atoms with van der Waals surface area (Å²) in [6.45, 7) is 6.42. The number of ether oxygens (including phenoxy) is 2. The average molecular weight is 397 g/mol. The first kappa shape index (κ1) is 17.9. The van der Waals surface area contributed by atoms with E-state index >= 15 is 0 Å². The predicted molar refractivity (Wildman–Crippen MR) is 104 cm³/mol. The lowest BCUT2D eigenvalue weighted by Crippen LogP contribution is -2.59. The van der Waals surface area contributed by atoms with Crippen molar-refractivity contribution in [3.63, 3.8) is 0 Å². The summed E-state index contributed by atoms with van der Waals surface area (Å²) in [6, 6.07) is 0.0946. The second kappa shape index (κ2) is 5.41. The molecule has 1 N–H and O–H groups in total. The lowest BCUT2D eigenvalue weighted by Gasteiger charge is -2.47. The Labute approximate surface area is 170 Å². The van der Waals surface area contributed by atoms with E-state index in [1.165, 1.54) is 7.11 Å². The molecule has 6 heteroatoms. The summed E-state index contributed by atoms with van der Waals surface area (Å²) in [5, 5.41) is 11.7. The normalized spacial score (nSPS) is 42.8. The van der Waals surface area contributed by atoms with Crippen LogP contribution in [-0.4, -0.2) is 60.2 Å². The number of carbonyl (C=O) groups is 2. The van der Waals surface area contributed by atoms with Crippen LogP contribution in [0.25, 0.3) is 0 Å². The van der Waals surface area contributed by atoms with Gasteiger partial charge in [0.2, 0.25) is 0 Å². The first-order chi connectivity index (χ1) is 13.8. The molecule has 6 nitrogen and oxygen atoms in total. The number of ketones is 1. The molecule has 6 aliphatic rings. The number of piperidine rings is 1.